The molecule has 1 saturated heterocycles. The molecule has 3 rings (SSSR count). The van der Waals surface area contributed by atoms with Gasteiger partial charge in [0, 0.05) is 38.4 Å². The van der Waals surface area contributed by atoms with Crippen LogP contribution >= 0.6 is 23.2 Å². The van der Waals surface area contributed by atoms with E-state index in [4.69, 9.17) is 23.2 Å². The van der Waals surface area contributed by atoms with Gasteiger partial charge in [-0.3, -0.25) is 9.69 Å². The van der Waals surface area contributed by atoms with Crippen LogP contribution < -0.4 is 10.2 Å². The maximum atomic E-state index is 11.8. The Hall–Kier alpha value is -0.970. The second kappa shape index (κ2) is 7.29. The number of hydrogen-bond donors (Lipinski definition) is 1. The van der Waals surface area contributed by atoms with Crippen LogP contribution in [0.3, 0.4) is 0 Å². The van der Waals surface area contributed by atoms with E-state index in [0.29, 0.717) is 13.0 Å². The number of nitrogens with one attached hydrogen (secondary N) is 1. The number of alkyl halides is 2. The van der Waals surface area contributed by atoms with Crippen molar-refractivity contribution in [2.75, 3.05) is 44.2 Å². The summed E-state index contributed by atoms with van der Waals surface area (Å²) in [5, 5.41) is 2.93. The first-order valence-electron chi connectivity index (χ1n) is 8.24. The molecule has 1 aromatic rings. The monoisotopic (exact) mass is 355 g/mol. The van der Waals surface area contributed by atoms with E-state index in [-0.39, 0.29) is 11.8 Å². The molecule has 1 unspecified atom stereocenters. The average Bonchev–Trinajstić information content (AvgIpc) is 3.21. The van der Waals surface area contributed by atoms with Gasteiger partial charge in [-0.25, -0.2) is 0 Å². The molecule has 0 spiro atoms. The summed E-state index contributed by atoms with van der Waals surface area (Å²) in [6.07, 6.45) is 1.53. The largest absolute Gasteiger partial charge is 0.369 e. The van der Waals surface area contributed by atoms with E-state index >= 15 is 0 Å². The Morgan fingerprint density at radius 1 is 1.17 bits per heavy atom. The van der Waals surface area contributed by atoms with E-state index in [9.17, 15) is 4.79 Å². The van der Waals surface area contributed by atoms with Gasteiger partial charge in [0.25, 0.3) is 0 Å². The number of piperazine rings is 1. The van der Waals surface area contributed by atoms with E-state index < -0.39 is 4.33 Å². The van der Waals surface area contributed by atoms with Crippen LogP contribution in [0.15, 0.2) is 30.3 Å². The van der Waals surface area contributed by atoms with E-state index in [1.807, 2.05) is 6.07 Å². The first-order chi connectivity index (χ1) is 11.1. The molecule has 1 N–H and O–H groups in total. The van der Waals surface area contributed by atoms with Crippen molar-refractivity contribution >= 4 is 34.8 Å². The minimum Gasteiger partial charge on any atom is -0.369 e. The normalized spacial score (nSPS) is 23.6. The van der Waals surface area contributed by atoms with Crippen molar-refractivity contribution in [1.29, 1.82) is 0 Å². The van der Waals surface area contributed by atoms with Crippen molar-refractivity contribution in [3.8, 4) is 0 Å². The summed E-state index contributed by atoms with van der Waals surface area (Å²) in [6.45, 7) is 5.95. The van der Waals surface area contributed by atoms with Gasteiger partial charge in [-0.05, 0) is 31.5 Å². The summed E-state index contributed by atoms with van der Waals surface area (Å²) in [4.78, 5) is 16.6. The topological polar surface area (TPSA) is 35.6 Å². The van der Waals surface area contributed by atoms with Gasteiger partial charge in [0.1, 0.15) is 4.33 Å². The molecule has 0 bridgehead atoms. The molecule has 6 heteroatoms. The number of hydrogen-bond acceptors (Lipinski definition) is 3. The van der Waals surface area contributed by atoms with Crippen LogP contribution in [0.5, 0.6) is 0 Å². The molecule has 1 aromatic carbocycles. The van der Waals surface area contributed by atoms with Crippen LogP contribution in [0.4, 0.5) is 5.69 Å². The van der Waals surface area contributed by atoms with Gasteiger partial charge in [-0.1, -0.05) is 18.2 Å². The Balaban J connectivity index is 1.30. The van der Waals surface area contributed by atoms with Gasteiger partial charge in [0.15, 0.2) is 0 Å². The second-order valence-corrected chi connectivity index (χ2v) is 7.87. The molecule has 23 heavy (non-hydrogen) atoms. The number of nitrogens with zero attached hydrogens (tertiary/aromatic N) is 2. The zero-order valence-electron chi connectivity index (χ0n) is 13.2. The number of halogens is 2. The van der Waals surface area contributed by atoms with E-state index in [1.54, 1.807) is 0 Å². The zero-order chi connectivity index (χ0) is 16.3. The highest BCUT2D eigenvalue weighted by Crippen LogP contribution is 2.53. The summed E-state index contributed by atoms with van der Waals surface area (Å²) < 4.78 is -0.822. The molecule has 0 radical (unpaired) electrons. The maximum absolute atomic E-state index is 11.8. The molecular formula is C17H23Cl2N3O. The number of carbonyl (C=O) groups excluding carboxylic acids is 1. The van der Waals surface area contributed by atoms with Crippen LogP contribution in [0.25, 0.3) is 0 Å². The third-order valence-electron chi connectivity index (χ3n) is 4.59. The average molecular weight is 356 g/mol. The lowest BCUT2D eigenvalue weighted by atomic mass is 10.2. The van der Waals surface area contributed by atoms with Crippen molar-refractivity contribution < 1.29 is 4.79 Å². The lowest BCUT2D eigenvalue weighted by Gasteiger charge is -2.36. The Kier molecular flexibility index (Phi) is 5.34. The molecular weight excluding hydrogens is 333 g/mol. The number of benzene rings is 1. The molecule has 4 nitrogen and oxygen atoms in total. The van der Waals surface area contributed by atoms with Crippen LogP contribution in [0.2, 0.25) is 0 Å². The number of carbonyl (C=O) groups is 1. The lowest BCUT2D eigenvalue weighted by Crippen LogP contribution is -2.47. The third-order valence-corrected chi connectivity index (χ3v) is 5.42. The molecule has 2 aliphatic rings. The highest BCUT2D eigenvalue weighted by atomic mass is 35.5. The number of amides is 1. The van der Waals surface area contributed by atoms with E-state index in [0.717, 1.165) is 39.1 Å². The maximum Gasteiger partial charge on any atom is 0.226 e. The molecule has 1 atom stereocenters. The van der Waals surface area contributed by atoms with E-state index in [2.05, 4.69) is 39.4 Å². The second-order valence-electron chi connectivity index (χ2n) is 6.33. The smallest absolute Gasteiger partial charge is 0.226 e. The van der Waals surface area contributed by atoms with Crippen molar-refractivity contribution in [2.45, 2.75) is 17.2 Å². The fraction of sp³-hybridized carbons (Fsp3) is 0.588. The number of para-hydroxylation sites is 1. The Morgan fingerprint density at radius 2 is 1.83 bits per heavy atom. The van der Waals surface area contributed by atoms with Gasteiger partial charge in [0.05, 0.1) is 5.92 Å². The lowest BCUT2D eigenvalue weighted by molar-refractivity contribution is -0.122. The Bertz CT molecular complexity index is 530. The summed E-state index contributed by atoms with van der Waals surface area (Å²) in [7, 11) is 0. The summed E-state index contributed by atoms with van der Waals surface area (Å²) in [6, 6.07) is 10.5. The van der Waals surface area contributed by atoms with Crippen molar-refractivity contribution in [3.05, 3.63) is 30.3 Å². The quantitative estimate of drug-likeness (QED) is 0.629. The van der Waals surface area contributed by atoms with E-state index in [1.165, 1.54) is 5.69 Å². The minimum absolute atomic E-state index is 0.0103. The molecule has 1 amide bonds. The first kappa shape index (κ1) is 16.9. The SMILES string of the molecule is O=C(NCCCN1CCN(c2ccccc2)CC1)C1CC1(Cl)Cl. The highest BCUT2D eigenvalue weighted by Gasteiger charge is 2.56. The number of anilines is 1. The summed E-state index contributed by atoms with van der Waals surface area (Å²) in [5.74, 6) is -0.232. The molecule has 1 aliphatic carbocycles. The van der Waals surface area contributed by atoms with Crippen molar-refractivity contribution in [3.63, 3.8) is 0 Å². The van der Waals surface area contributed by atoms with Crippen molar-refractivity contribution in [1.82, 2.24) is 10.2 Å². The third kappa shape index (κ3) is 4.52. The predicted molar refractivity (Wildman–Crippen MR) is 95.3 cm³/mol. The highest BCUT2D eigenvalue weighted by molar-refractivity contribution is 6.52. The van der Waals surface area contributed by atoms with Gasteiger partial charge < -0.3 is 10.2 Å². The Morgan fingerprint density at radius 3 is 2.43 bits per heavy atom. The fourth-order valence-electron chi connectivity index (χ4n) is 3.00. The number of rotatable bonds is 6. The zero-order valence-corrected chi connectivity index (χ0v) is 14.7. The minimum atomic E-state index is -0.822. The summed E-state index contributed by atoms with van der Waals surface area (Å²) >= 11 is 11.8. The predicted octanol–water partition coefficient (Wildman–Crippen LogP) is 2.51. The van der Waals surface area contributed by atoms with Gasteiger partial charge in [-0.15, -0.1) is 23.2 Å². The van der Waals surface area contributed by atoms with Crippen LogP contribution in [-0.4, -0.2) is 54.4 Å². The van der Waals surface area contributed by atoms with Crippen LogP contribution in [0.1, 0.15) is 12.8 Å². The first-order valence-corrected chi connectivity index (χ1v) is 9.00. The van der Waals surface area contributed by atoms with Crippen LogP contribution in [-0.2, 0) is 4.79 Å². The molecule has 1 saturated carbocycles. The molecule has 1 aliphatic heterocycles. The molecule has 0 aromatic heterocycles. The standard InChI is InChI=1S/C17H23Cl2N3O/c18-17(19)13-15(17)16(23)20-7-4-8-21-9-11-22(12-10-21)14-5-2-1-3-6-14/h1-3,5-6,15H,4,7-13H2,(H,20,23). The molecule has 126 valence electrons. The molecule has 2 fully saturated rings. The summed E-state index contributed by atoms with van der Waals surface area (Å²) in [5.41, 5.74) is 1.30. The van der Waals surface area contributed by atoms with Gasteiger partial charge >= 0.3 is 0 Å². The van der Waals surface area contributed by atoms with Crippen LogP contribution in [0, 0.1) is 5.92 Å². The Labute approximate surface area is 147 Å². The molecule has 1 heterocycles. The fourth-order valence-corrected chi connectivity index (χ4v) is 3.51. The van der Waals surface area contributed by atoms with Gasteiger partial charge in [-0.2, -0.15) is 0 Å². The van der Waals surface area contributed by atoms with Gasteiger partial charge in [0.2, 0.25) is 5.91 Å². The van der Waals surface area contributed by atoms with Crippen molar-refractivity contribution in [2.24, 2.45) is 5.92 Å².